The third kappa shape index (κ3) is 6.22. The van der Waals surface area contributed by atoms with Gasteiger partial charge in [-0.05, 0) is 61.4 Å². The molecule has 11 heteroatoms. The van der Waals surface area contributed by atoms with Gasteiger partial charge < -0.3 is 10.2 Å². The van der Waals surface area contributed by atoms with E-state index in [-0.39, 0.29) is 23.3 Å². The Labute approximate surface area is 183 Å². The van der Waals surface area contributed by atoms with Crippen molar-refractivity contribution < 1.29 is 31.2 Å². The molecule has 2 N–H and O–H groups in total. The number of rotatable bonds is 5. The lowest BCUT2D eigenvalue weighted by Gasteiger charge is -2.31. The highest BCUT2D eigenvalue weighted by Gasteiger charge is 2.31. The van der Waals surface area contributed by atoms with Crippen LogP contribution in [-0.2, 0) is 21.0 Å². The topological polar surface area (TPSA) is 95.6 Å². The highest BCUT2D eigenvalue weighted by Crippen LogP contribution is 2.29. The molecule has 2 aromatic carbocycles. The van der Waals surface area contributed by atoms with Crippen LogP contribution >= 0.6 is 0 Å². The van der Waals surface area contributed by atoms with E-state index in [0.717, 1.165) is 30.5 Å². The van der Waals surface area contributed by atoms with Crippen LogP contribution in [0.1, 0.15) is 28.8 Å². The molecule has 0 radical (unpaired) electrons. The van der Waals surface area contributed by atoms with Crippen molar-refractivity contribution in [1.29, 1.82) is 0 Å². The number of alkyl halides is 3. The van der Waals surface area contributed by atoms with Gasteiger partial charge in [0.1, 0.15) is 0 Å². The van der Waals surface area contributed by atoms with Crippen molar-refractivity contribution in [1.82, 2.24) is 4.90 Å². The van der Waals surface area contributed by atoms with Crippen LogP contribution in [0.3, 0.4) is 0 Å². The number of halogens is 3. The second-order valence-electron chi connectivity index (χ2n) is 7.58. The molecule has 0 aliphatic carbocycles. The fourth-order valence-corrected chi connectivity index (χ4v) is 3.97. The number of piperidine rings is 1. The molecule has 1 saturated heterocycles. The Bertz CT molecular complexity index is 1080. The Morgan fingerprint density at radius 1 is 0.938 bits per heavy atom. The summed E-state index contributed by atoms with van der Waals surface area (Å²) >= 11 is 0. The second-order valence-corrected chi connectivity index (χ2v) is 9.33. The van der Waals surface area contributed by atoms with Crippen molar-refractivity contribution in [3.05, 3.63) is 59.7 Å². The van der Waals surface area contributed by atoms with Crippen LogP contribution in [0.25, 0.3) is 0 Å². The van der Waals surface area contributed by atoms with E-state index in [4.69, 9.17) is 0 Å². The van der Waals surface area contributed by atoms with Crippen molar-refractivity contribution in [3.8, 4) is 0 Å². The minimum absolute atomic E-state index is 0.170. The van der Waals surface area contributed by atoms with Crippen LogP contribution in [0.15, 0.2) is 48.5 Å². The summed E-state index contributed by atoms with van der Waals surface area (Å²) in [5.41, 5.74) is 0.242. The summed E-state index contributed by atoms with van der Waals surface area (Å²) in [7, 11) is -3.39. The van der Waals surface area contributed by atoms with E-state index in [9.17, 15) is 31.2 Å². The van der Waals surface area contributed by atoms with Gasteiger partial charge in [-0.2, -0.15) is 13.2 Å². The first kappa shape index (κ1) is 23.6. The minimum atomic E-state index is -4.46. The maximum atomic E-state index is 12.7. The molecule has 1 fully saturated rings. The summed E-state index contributed by atoms with van der Waals surface area (Å²) in [6.45, 7) is 0.629. The third-order valence-electron chi connectivity index (χ3n) is 5.07. The number of nitrogens with zero attached hydrogens (tertiary/aromatic N) is 1. The molecule has 172 valence electrons. The Balaban J connectivity index is 1.52. The van der Waals surface area contributed by atoms with Gasteiger partial charge in [0, 0.05) is 35.9 Å². The van der Waals surface area contributed by atoms with Crippen molar-refractivity contribution in [2.24, 2.45) is 5.92 Å². The van der Waals surface area contributed by atoms with E-state index in [1.165, 1.54) is 17.0 Å². The van der Waals surface area contributed by atoms with Gasteiger partial charge in [-0.15, -0.1) is 0 Å². The molecule has 2 aromatic rings. The standard InChI is InChI=1S/C21H22F3N3O4S/c1-32(30,31)26-18-8-6-17(7-9-18)25-19(28)14-10-12-27(13-11-14)20(29)15-2-4-16(5-3-15)21(22,23)24/h2-9,14,26H,10-13H2,1H3,(H,25,28). The molecule has 0 atom stereocenters. The predicted molar refractivity (Wildman–Crippen MR) is 114 cm³/mol. The number of hydrogen-bond acceptors (Lipinski definition) is 4. The van der Waals surface area contributed by atoms with Gasteiger partial charge >= 0.3 is 6.18 Å². The number of likely N-dealkylation sites (tertiary alicyclic amines) is 1. The van der Waals surface area contributed by atoms with Crippen molar-refractivity contribution >= 4 is 33.2 Å². The van der Waals surface area contributed by atoms with Crippen molar-refractivity contribution in [2.75, 3.05) is 29.4 Å². The molecule has 0 aromatic heterocycles. The second kappa shape index (κ2) is 9.19. The predicted octanol–water partition coefficient (Wildman–Crippen LogP) is 3.57. The van der Waals surface area contributed by atoms with Crippen LogP contribution in [0.2, 0.25) is 0 Å². The molecule has 0 bridgehead atoms. The van der Waals surface area contributed by atoms with Crippen LogP contribution in [0.5, 0.6) is 0 Å². The lowest BCUT2D eigenvalue weighted by Crippen LogP contribution is -2.41. The summed E-state index contributed by atoms with van der Waals surface area (Å²) in [5, 5.41) is 2.77. The molecule has 1 aliphatic rings. The van der Waals surface area contributed by atoms with Crippen molar-refractivity contribution in [3.63, 3.8) is 0 Å². The Hall–Kier alpha value is -3.08. The first-order valence-corrected chi connectivity index (χ1v) is 11.7. The zero-order chi connectivity index (χ0) is 23.5. The number of anilines is 2. The summed E-state index contributed by atoms with van der Waals surface area (Å²) in [6, 6.07) is 10.3. The fourth-order valence-electron chi connectivity index (χ4n) is 3.41. The molecular weight excluding hydrogens is 447 g/mol. The average Bonchev–Trinajstić information content (AvgIpc) is 2.73. The van der Waals surface area contributed by atoms with Crippen LogP contribution in [0.4, 0.5) is 24.5 Å². The zero-order valence-corrected chi connectivity index (χ0v) is 18.0. The smallest absolute Gasteiger partial charge is 0.339 e. The maximum Gasteiger partial charge on any atom is 0.416 e. The minimum Gasteiger partial charge on any atom is -0.339 e. The van der Waals surface area contributed by atoms with Gasteiger partial charge in [0.25, 0.3) is 5.91 Å². The number of amides is 2. The van der Waals surface area contributed by atoms with Gasteiger partial charge in [0.2, 0.25) is 15.9 Å². The summed E-state index contributed by atoms with van der Waals surface area (Å²) in [4.78, 5) is 26.6. The number of hydrogen-bond donors (Lipinski definition) is 2. The van der Waals surface area contributed by atoms with Crippen LogP contribution < -0.4 is 10.0 Å². The van der Waals surface area contributed by atoms with Crippen molar-refractivity contribution in [2.45, 2.75) is 19.0 Å². The summed E-state index contributed by atoms with van der Waals surface area (Å²) in [6.07, 6.45) is -2.58. The van der Waals surface area contributed by atoms with E-state index in [0.29, 0.717) is 37.3 Å². The highest BCUT2D eigenvalue weighted by molar-refractivity contribution is 7.92. The average molecular weight is 469 g/mol. The van der Waals surface area contributed by atoms with Gasteiger partial charge in [-0.3, -0.25) is 14.3 Å². The highest BCUT2D eigenvalue weighted by atomic mass is 32.2. The number of benzene rings is 2. The van der Waals surface area contributed by atoms with Gasteiger partial charge in [0.05, 0.1) is 11.8 Å². The van der Waals surface area contributed by atoms with Crippen LogP contribution in [0, 0.1) is 5.92 Å². The lowest BCUT2D eigenvalue weighted by atomic mass is 9.95. The first-order chi connectivity index (χ1) is 14.9. The molecule has 1 heterocycles. The molecule has 7 nitrogen and oxygen atoms in total. The maximum absolute atomic E-state index is 12.7. The van der Waals surface area contributed by atoms with E-state index >= 15 is 0 Å². The number of carbonyl (C=O) groups is 2. The number of nitrogens with one attached hydrogen (secondary N) is 2. The summed E-state index contributed by atoms with van der Waals surface area (Å²) in [5.74, 6) is -0.900. The molecule has 0 unspecified atom stereocenters. The molecular formula is C21H22F3N3O4S. The molecule has 32 heavy (non-hydrogen) atoms. The van der Waals surface area contributed by atoms with E-state index in [1.54, 1.807) is 12.1 Å². The zero-order valence-electron chi connectivity index (χ0n) is 17.1. The fraction of sp³-hybridized carbons (Fsp3) is 0.333. The molecule has 0 spiro atoms. The Morgan fingerprint density at radius 3 is 1.97 bits per heavy atom. The van der Waals surface area contributed by atoms with Gasteiger partial charge in [-0.25, -0.2) is 8.42 Å². The molecule has 2 amide bonds. The lowest BCUT2D eigenvalue weighted by molar-refractivity contribution is -0.137. The third-order valence-corrected chi connectivity index (χ3v) is 5.67. The number of carbonyl (C=O) groups excluding carboxylic acids is 2. The van der Waals surface area contributed by atoms with E-state index < -0.39 is 21.8 Å². The SMILES string of the molecule is CS(=O)(=O)Nc1ccc(NC(=O)C2CCN(C(=O)c3ccc(C(F)(F)F)cc3)CC2)cc1. The Morgan fingerprint density at radius 2 is 1.47 bits per heavy atom. The van der Waals surface area contributed by atoms with E-state index in [1.807, 2.05) is 0 Å². The molecule has 3 rings (SSSR count). The quantitative estimate of drug-likeness (QED) is 0.700. The largest absolute Gasteiger partial charge is 0.416 e. The molecule has 1 aliphatic heterocycles. The van der Waals surface area contributed by atoms with Crippen LogP contribution in [-0.4, -0.2) is 44.5 Å². The van der Waals surface area contributed by atoms with Gasteiger partial charge in [0.15, 0.2) is 0 Å². The van der Waals surface area contributed by atoms with E-state index in [2.05, 4.69) is 10.0 Å². The monoisotopic (exact) mass is 469 g/mol. The molecule has 0 saturated carbocycles. The first-order valence-electron chi connectivity index (χ1n) is 9.77. The number of sulfonamides is 1. The normalized spacial score (nSPS) is 15.3. The Kier molecular flexibility index (Phi) is 6.77. The summed E-state index contributed by atoms with van der Waals surface area (Å²) < 4.78 is 62.8. The van der Waals surface area contributed by atoms with Gasteiger partial charge in [-0.1, -0.05) is 0 Å².